The SMILES string of the molecule is Nc1cc(S(=O)(=O)NCCc2ncc[nH]2)c(F)cc1Br. The smallest absolute Gasteiger partial charge is 0.243 e. The van der Waals surface area contributed by atoms with Crippen molar-refractivity contribution in [3.8, 4) is 0 Å². The molecule has 0 atom stereocenters. The first-order valence-corrected chi connectivity index (χ1v) is 7.90. The average molecular weight is 363 g/mol. The molecule has 0 spiro atoms. The number of nitrogens with zero attached hydrogens (tertiary/aromatic N) is 1. The maximum atomic E-state index is 13.7. The summed E-state index contributed by atoms with van der Waals surface area (Å²) in [6, 6.07) is 2.10. The Morgan fingerprint density at radius 1 is 1.45 bits per heavy atom. The first-order valence-electron chi connectivity index (χ1n) is 5.62. The van der Waals surface area contributed by atoms with Gasteiger partial charge in [0.1, 0.15) is 16.5 Å². The molecular formula is C11H12BrFN4O2S. The van der Waals surface area contributed by atoms with Crippen LogP contribution in [-0.4, -0.2) is 24.9 Å². The van der Waals surface area contributed by atoms with Crippen LogP contribution < -0.4 is 10.5 Å². The number of benzene rings is 1. The summed E-state index contributed by atoms with van der Waals surface area (Å²) in [7, 11) is -3.95. The van der Waals surface area contributed by atoms with Crippen molar-refractivity contribution >= 4 is 31.6 Å². The van der Waals surface area contributed by atoms with E-state index in [-0.39, 0.29) is 12.2 Å². The third-order valence-corrected chi connectivity index (χ3v) is 4.71. The van der Waals surface area contributed by atoms with E-state index in [0.29, 0.717) is 16.7 Å². The lowest BCUT2D eigenvalue weighted by atomic mass is 10.3. The molecule has 2 aromatic rings. The number of H-pyrrole nitrogens is 1. The van der Waals surface area contributed by atoms with Gasteiger partial charge in [-0.15, -0.1) is 0 Å². The molecule has 1 aromatic heterocycles. The Morgan fingerprint density at radius 3 is 2.85 bits per heavy atom. The fraction of sp³-hybridized carbons (Fsp3) is 0.182. The maximum Gasteiger partial charge on any atom is 0.243 e. The second-order valence-corrected chi connectivity index (χ2v) is 6.58. The van der Waals surface area contributed by atoms with Gasteiger partial charge in [0.2, 0.25) is 10.0 Å². The molecule has 20 heavy (non-hydrogen) atoms. The van der Waals surface area contributed by atoms with Gasteiger partial charge in [0, 0.05) is 35.5 Å². The zero-order chi connectivity index (χ0) is 14.8. The zero-order valence-electron chi connectivity index (χ0n) is 10.2. The number of sulfonamides is 1. The number of nitrogens with one attached hydrogen (secondary N) is 2. The molecule has 108 valence electrons. The van der Waals surface area contributed by atoms with Gasteiger partial charge in [-0.2, -0.15) is 0 Å². The van der Waals surface area contributed by atoms with E-state index in [2.05, 4.69) is 30.6 Å². The van der Waals surface area contributed by atoms with E-state index in [1.807, 2.05) is 0 Å². The molecule has 0 bridgehead atoms. The highest BCUT2D eigenvalue weighted by Gasteiger charge is 2.20. The molecule has 4 N–H and O–H groups in total. The van der Waals surface area contributed by atoms with Gasteiger partial charge in [0.25, 0.3) is 0 Å². The monoisotopic (exact) mass is 362 g/mol. The quantitative estimate of drug-likeness (QED) is 0.700. The molecule has 1 aromatic carbocycles. The van der Waals surface area contributed by atoms with E-state index in [0.717, 1.165) is 12.1 Å². The second kappa shape index (κ2) is 5.90. The Labute approximate surface area is 123 Å². The number of halogens is 2. The molecule has 0 aliphatic rings. The minimum absolute atomic E-state index is 0.102. The van der Waals surface area contributed by atoms with Crippen LogP contribution in [0, 0.1) is 5.82 Å². The lowest BCUT2D eigenvalue weighted by Crippen LogP contribution is -2.27. The normalized spacial score (nSPS) is 11.7. The molecule has 0 amide bonds. The predicted octanol–water partition coefficient (Wildman–Crippen LogP) is 1.41. The first-order chi connectivity index (χ1) is 9.40. The number of nitrogens with two attached hydrogens (primary N) is 1. The molecule has 0 fully saturated rings. The lowest BCUT2D eigenvalue weighted by molar-refractivity contribution is 0.556. The number of aromatic nitrogens is 2. The number of aromatic amines is 1. The number of anilines is 1. The van der Waals surface area contributed by atoms with E-state index in [9.17, 15) is 12.8 Å². The van der Waals surface area contributed by atoms with Crippen molar-refractivity contribution in [1.82, 2.24) is 14.7 Å². The maximum absolute atomic E-state index is 13.7. The van der Waals surface area contributed by atoms with Gasteiger partial charge in [-0.1, -0.05) is 0 Å². The van der Waals surface area contributed by atoms with Crippen LogP contribution in [0.25, 0.3) is 0 Å². The molecule has 0 aliphatic heterocycles. The van der Waals surface area contributed by atoms with E-state index < -0.39 is 20.7 Å². The molecule has 2 rings (SSSR count). The average Bonchev–Trinajstić information content (AvgIpc) is 2.86. The Morgan fingerprint density at radius 2 is 2.20 bits per heavy atom. The van der Waals surface area contributed by atoms with Gasteiger partial charge in [0.05, 0.1) is 0 Å². The Hall–Kier alpha value is -1.45. The van der Waals surface area contributed by atoms with E-state index >= 15 is 0 Å². The number of nitrogen functional groups attached to an aromatic ring is 1. The largest absolute Gasteiger partial charge is 0.398 e. The number of hydrogen-bond donors (Lipinski definition) is 3. The highest BCUT2D eigenvalue weighted by Crippen LogP contribution is 2.25. The van der Waals surface area contributed by atoms with Crippen LogP contribution in [0.15, 0.2) is 33.9 Å². The van der Waals surface area contributed by atoms with Crippen molar-refractivity contribution in [2.45, 2.75) is 11.3 Å². The van der Waals surface area contributed by atoms with E-state index in [1.54, 1.807) is 12.4 Å². The minimum Gasteiger partial charge on any atom is -0.398 e. The summed E-state index contributed by atoms with van der Waals surface area (Å²) in [4.78, 5) is 6.33. The molecule has 0 saturated carbocycles. The van der Waals surface area contributed by atoms with Crippen molar-refractivity contribution in [3.05, 3.63) is 40.6 Å². The summed E-state index contributed by atoms with van der Waals surface area (Å²) >= 11 is 3.03. The van der Waals surface area contributed by atoms with Gasteiger partial charge < -0.3 is 10.7 Å². The van der Waals surface area contributed by atoms with Gasteiger partial charge in [-0.25, -0.2) is 22.5 Å². The van der Waals surface area contributed by atoms with Crippen molar-refractivity contribution in [2.75, 3.05) is 12.3 Å². The standard InChI is InChI=1S/C11H12BrFN4O2S/c12-7-5-8(13)10(6-9(7)14)20(18,19)17-2-1-11-15-3-4-16-11/h3-6,17H,1-2,14H2,(H,15,16). The van der Waals surface area contributed by atoms with Crippen LogP contribution in [0.1, 0.15) is 5.82 Å². The molecule has 0 saturated heterocycles. The minimum atomic E-state index is -3.95. The van der Waals surface area contributed by atoms with E-state index in [1.165, 1.54) is 0 Å². The molecule has 0 aliphatic carbocycles. The summed E-state index contributed by atoms with van der Waals surface area (Å²) < 4.78 is 40.3. The summed E-state index contributed by atoms with van der Waals surface area (Å²) in [6.07, 6.45) is 3.58. The molecule has 9 heteroatoms. The van der Waals surface area contributed by atoms with Crippen molar-refractivity contribution in [2.24, 2.45) is 0 Å². The summed E-state index contributed by atoms with van der Waals surface area (Å²) in [5.74, 6) is -0.222. The summed E-state index contributed by atoms with van der Waals surface area (Å²) in [5, 5.41) is 0. The highest BCUT2D eigenvalue weighted by molar-refractivity contribution is 9.10. The van der Waals surface area contributed by atoms with Crippen LogP contribution in [0.4, 0.5) is 10.1 Å². The fourth-order valence-electron chi connectivity index (χ4n) is 1.57. The van der Waals surface area contributed by atoms with Crippen molar-refractivity contribution in [1.29, 1.82) is 0 Å². The molecule has 1 heterocycles. The summed E-state index contributed by atoms with van der Waals surface area (Å²) in [6.45, 7) is 0.102. The predicted molar refractivity (Wildman–Crippen MR) is 76.0 cm³/mol. The number of hydrogen-bond acceptors (Lipinski definition) is 4. The Kier molecular flexibility index (Phi) is 4.41. The fourth-order valence-corrected chi connectivity index (χ4v) is 3.01. The lowest BCUT2D eigenvalue weighted by Gasteiger charge is -2.09. The number of imidazole rings is 1. The second-order valence-electron chi connectivity index (χ2n) is 3.99. The topological polar surface area (TPSA) is 101 Å². The Bertz CT molecular complexity index is 703. The number of rotatable bonds is 5. The zero-order valence-corrected chi connectivity index (χ0v) is 12.6. The molecule has 6 nitrogen and oxygen atoms in total. The van der Waals surface area contributed by atoms with Crippen LogP contribution in [0.2, 0.25) is 0 Å². The van der Waals surface area contributed by atoms with Crippen LogP contribution in [0.3, 0.4) is 0 Å². The first kappa shape index (κ1) is 14.9. The van der Waals surface area contributed by atoms with Crippen LogP contribution in [-0.2, 0) is 16.4 Å². The van der Waals surface area contributed by atoms with Crippen LogP contribution in [0.5, 0.6) is 0 Å². The van der Waals surface area contributed by atoms with Gasteiger partial charge >= 0.3 is 0 Å². The van der Waals surface area contributed by atoms with Crippen LogP contribution >= 0.6 is 15.9 Å². The third kappa shape index (κ3) is 3.35. The molecule has 0 radical (unpaired) electrons. The van der Waals surface area contributed by atoms with E-state index in [4.69, 9.17) is 5.73 Å². The van der Waals surface area contributed by atoms with Crippen molar-refractivity contribution < 1.29 is 12.8 Å². The van der Waals surface area contributed by atoms with Crippen molar-refractivity contribution in [3.63, 3.8) is 0 Å². The molecule has 0 unspecified atom stereocenters. The highest BCUT2D eigenvalue weighted by atomic mass is 79.9. The molecular weight excluding hydrogens is 351 g/mol. The Balaban J connectivity index is 2.12. The van der Waals surface area contributed by atoms with Gasteiger partial charge in [-0.3, -0.25) is 0 Å². The van der Waals surface area contributed by atoms with Gasteiger partial charge in [0.15, 0.2) is 0 Å². The summed E-state index contributed by atoms with van der Waals surface area (Å²) in [5.41, 5.74) is 5.72. The van der Waals surface area contributed by atoms with Gasteiger partial charge in [-0.05, 0) is 28.1 Å². The third-order valence-electron chi connectivity index (χ3n) is 2.55.